The Morgan fingerprint density at radius 1 is 0.697 bits per heavy atom. The molecule has 1 unspecified atom stereocenters. The molecule has 0 heterocycles. The molecule has 6 heteroatoms. The summed E-state index contributed by atoms with van der Waals surface area (Å²) in [5, 5.41) is 32.0. The van der Waals surface area contributed by atoms with Crippen LogP contribution in [0.1, 0.15) is 45.7 Å². The first-order valence-corrected chi connectivity index (χ1v) is 11.1. The zero-order chi connectivity index (χ0) is 25.0. The Balaban J connectivity index is 3.03. The summed E-state index contributed by atoms with van der Waals surface area (Å²) in [6.45, 7) is 9.19. The van der Waals surface area contributed by atoms with E-state index in [1.165, 1.54) is 0 Å². The Morgan fingerprint density at radius 2 is 1.09 bits per heavy atom. The van der Waals surface area contributed by atoms with Crippen molar-refractivity contribution in [2.75, 3.05) is 0 Å². The molecular weight excluding hydrogens is 420 g/mol. The molecule has 2 atom stereocenters. The third kappa shape index (κ3) is 4.80. The molecule has 178 valence electrons. The second-order valence-electron chi connectivity index (χ2n) is 10.2. The summed E-state index contributed by atoms with van der Waals surface area (Å²) >= 11 is 0. The first-order valence-electron chi connectivity index (χ1n) is 11.1. The van der Waals surface area contributed by atoms with Crippen molar-refractivity contribution < 1.29 is 29.7 Å². The van der Waals surface area contributed by atoms with E-state index in [1.54, 1.807) is 60.7 Å². The number of carboxylic acid groups (broad SMARTS) is 3. The minimum absolute atomic E-state index is 0.227. The molecule has 0 spiro atoms. The zero-order valence-corrected chi connectivity index (χ0v) is 19.9. The van der Waals surface area contributed by atoms with Crippen molar-refractivity contribution >= 4 is 17.9 Å². The fourth-order valence-electron chi connectivity index (χ4n) is 5.83. The minimum atomic E-state index is -2.61. The van der Waals surface area contributed by atoms with Crippen LogP contribution in [0.25, 0.3) is 0 Å². The summed E-state index contributed by atoms with van der Waals surface area (Å²) in [6, 6.07) is 17.1. The average Bonchev–Trinajstić information content (AvgIpc) is 2.71. The van der Waals surface area contributed by atoms with Crippen LogP contribution in [-0.4, -0.2) is 33.2 Å². The molecule has 0 aliphatic heterocycles. The van der Waals surface area contributed by atoms with Crippen molar-refractivity contribution in [3.63, 3.8) is 0 Å². The fourth-order valence-corrected chi connectivity index (χ4v) is 5.83. The van der Waals surface area contributed by atoms with Gasteiger partial charge in [0.2, 0.25) is 0 Å². The van der Waals surface area contributed by atoms with Crippen LogP contribution in [-0.2, 0) is 27.2 Å². The van der Waals surface area contributed by atoms with E-state index >= 15 is 0 Å². The molecule has 33 heavy (non-hydrogen) atoms. The third-order valence-corrected chi connectivity index (χ3v) is 6.64. The highest BCUT2D eigenvalue weighted by Gasteiger charge is 2.71. The van der Waals surface area contributed by atoms with Crippen molar-refractivity contribution in [1.82, 2.24) is 0 Å². The molecule has 6 nitrogen and oxygen atoms in total. The van der Waals surface area contributed by atoms with E-state index in [9.17, 15) is 29.7 Å². The van der Waals surface area contributed by atoms with Crippen LogP contribution < -0.4 is 0 Å². The van der Waals surface area contributed by atoms with Crippen molar-refractivity contribution in [3.05, 3.63) is 71.8 Å². The summed E-state index contributed by atoms with van der Waals surface area (Å²) in [6.07, 6.45) is -0.675. The molecule has 2 aromatic rings. The van der Waals surface area contributed by atoms with Crippen LogP contribution in [0, 0.1) is 28.1 Å². The van der Waals surface area contributed by atoms with Gasteiger partial charge in [0.15, 0.2) is 5.41 Å². The van der Waals surface area contributed by atoms with Crippen molar-refractivity contribution in [2.45, 2.75) is 47.5 Å². The maximum atomic E-state index is 13.3. The predicted molar refractivity (Wildman–Crippen MR) is 126 cm³/mol. The van der Waals surface area contributed by atoms with Crippen LogP contribution in [0.2, 0.25) is 0 Å². The molecule has 0 aliphatic carbocycles. The Hall–Kier alpha value is -3.15. The largest absolute Gasteiger partial charge is 0.481 e. The Bertz CT molecular complexity index is 961. The Labute approximate surface area is 195 Å². The van der Waals surface area contributed by atoms with E-state index < -0.39 is 46.5 Å². The van der Waals surface area contributed by atoms with Gasteiger partial charge in [-0.15, -0.1) is 0 Å². The van der Waals surface area contributed by atoms with E-state index in [1.807, 2.05) is 34.6 Å². The maximum absolute atomic E-state index is 13.3. The molecule has 0 amide bonds. The summed E-state index contributed by atoms with van der Waals surface area (Å²) < 4.78 is 0. The average molecular weight is 455 g/mol. The van der Waals surface area contributed by atoms with Gasteiger partial charge in [0.25, 0.3) is 0 Å². The predicted octanol–water partition coefficient (Wildman–Crippen LogP) is 5.02. The molecule has 0 bridgehead atoms. The Morgan fingerprint density at radius 3 is 1.39 bits per heavy atom. The number of aliphatic carboxylic acids is 3. The quantitative estimate of drug-likeness (QED) is 0.435. The van der Waals surface area contributed by atoms with Crippen LogP contribution in [0.4, 0.5) is 0 Å². The van der Waals surface area contributed by atoms with E-state index in [0.29, 0.717) is 11.1 Å². The number of rotatable bonds is 10. The van der Waals surface area contributed by atoms with Crippen LogP contribution in [0.15, 0.2) is 60.7 Å². The van der Waals surface area contributed by atoms with Gasteiger partial charge in [0.05, 0.1) is 0 Å². The topological polar surface area (TPSA) is 112 Å². The van der Waals surface area contributed by atoms with Gasteiger partial charge in [-0.05, 0) is 34.8 Å². The maximum Gasteiger partial charge on any atom is 0.322 e. The summed E-state index contributed by atoms with van der Waals surface area (Å²) in [5.41, 5.74) is -4.42. The highest BCUT2D eigenvalue weighted by molar-refractivity contribution is 6.04. The molecule has 0 fully saturated rings. The van der Waals surface area contributed by atoms with Gasteiger partial charge in [-0.25, -0.2) is 0 Å². The monoisotopic (exact) mass is 454 g/mol. The summed E-state index contributed by atoms with van der Waals surface area (Å²) in [5.74, 6) is -5.79. The van der Waals surface area contributed by atoms with Gasteiger partial charge in [-0.2, -0.15) is 0 Å². The molecule has 2 aromatic carbocycles. The fraction of sp³-hybridized carbons (Fsp3) is 0.444. The second kappa shape index (κ2) is 9.77. The van der Waals surface area contributed by atoms with Crippen LogP contribution >= 0.6 is 0 Å². The zero-order valence-electron chi connectivity index (χ0n) is 19.9. The standard InChI is InChI=1S/C27H34O6/c1-18(2)21(25(3,4)5)26(22(28)29,16-19-12-8-6-9-13-19)27(23(30)31,24(32)33)17-20-14-10-7-11-15-20/h6-15,18,21H,16-17H2,1-5H3,(H,28,29)(H,30,31)(H,32,33)/t21?,26-/m0/s1. The number of carboxylic acids is 3. The van der Waals surface area contributed by atoms with E-state index in [-0.39, 0.29) is 12.3 Å². The third-order valence-electron chi connectivity index (χ3n) is 6.64. The molecular formula is C27H34O6. The first-order chi connectivity index (χ1) is 15.3. The van der Waals surface area contributed by atoms with Gasteiger partial charge in [0.1, 0.15) is 5.41 Å². The van der Waals surface area contributed by atoms with Gasteiger partial charge < -0.3 is 15.3 Å². The molecule has 0 saturated carbocycles. The van der Waals surface area contributed by atoms with E-state index in [0.717, 1.165) is 0 Å². The van der Waals surface area contributed by atoms with Gasteiger partial charge in [-0.1, -0.05) is 95.3 Å². The number of hydrogen-bond acceptors (Lipinski definition) is 3. The summed E-state index contributed by atoms with van der Waals surface area (Å²) in [4.78, 5) is 39.4. The molecule has 2 rings (SSSR count). The van der Waals surface area contributed by atoms with Crippen molar-refractivity contribution in [1.29, 1.82) is 0 Å². The van der Waals surface area contributed by atoms with Crippen molar-refractivity contribution in [3.8, 4) is 0 Å². The lowest BCUT2D eigenvalue weighted by Gasteiger charge is -2.53. The van der Waals surface area contributed by atoms with Crippen molar-refractivity contribution in [2.24, 2.45) is 28.1 Å². The van der Waals surface area contributed by atoms with Gasteiger partial charge >= 0.3 is 17.9 Å². The van der Waals surface area contributed by atoms with Gasteiger partial charge in [-0.3, -0.25) is 14.4 Å². The molecule has 0 aromatic heterocycles. The molecule has 3 N–H and O–H groups in total. The number of carbonyl (C=O) groups is 3. The lowest BCUT2D eigenvalue weighted by Crippen LogP contribution is -2.65. The number of hydrogen-bond donors (Lipinski definition) is 3. The smallest absolute Gasteiger partial charge is 0.322 e. The second-order valence-corrected chi connectivity index (χ2v) is 10.2. The van der Waals surface area contributed by atoms with Crippen LogP contribution in [0.3, 0.4) is 0 Å². The lowest BCUT2D eigenvalue weighted by molar-refractivity contribution is -0.200. The highest BCUT2D eigenvalue weighted by Crippen LogP contribution is 2.58. The minimum Gasteiger partial charge on any atom is -0.481 e. The summed E-state index contributed by atoms with van der Waals surface area (Å²) in [7, 11) is 0. The van der Waals surface area contributed by atoms with Gasteiger partial charge in [0, 0.05) is 6.42 Å². The molecule has 0 radical (unpaired) electrons. The molecule has 0 aliphatic rings. The highest BCUT2D eigenvalue weighted by atomic mass is 16.4. The number of benzene rings is 2. The normalized spacial score (nSPS) is 15.0. The van der Waals surface area contributed by atoms with E-state index in [2.05, 4.69) is 0 Å². The van der Waals surface area contributed by atoms with E-state index in [4.69, 9.17) is 0 Å². The van der Waals surface area contributed by atoms with Crippen LogP contribution in [0.5, 0.6) is 0 Å². The molecule has 0 saturated heterocycles. The lowest BCUT2D eigenvalue weighted by atomic mass is 9.46. The SMILES string of the molecule is CC(C)C(C(C)(C)C)[C@@](Cc1ccccc1)(C(=O)O)C(Cc1ccccc1)(C(=O)O)C(=O)O. The Kier molecular flexibility index (Phi) is 7.73. The first kappa shape index (κ1) is 26.1.